The molecule has 3 nitrogen and oxygen atoms in total. The van der Waals surface area contributed by atoms with Crippen molar-refractivity contribution in [3.05, 3.63) is 35.4 Å². The van der Waals surface area contributed by atoms with Gasteiger partial charge < -0.3 is 10.1 Å². The quantitative estimate of drug-likeness (QED) is 0.805. The van der Waals surface area contributed by atoms with Gasteiger partial charge in [-0.15, -0.1) is 0 Å². The molecule has 17 heavy (non-hydrogen) atoms. The van der Waals surface area contributed by atoms with E-state index in [-0.39, 0.29) is 12.6 Å². The number of hydrogen-bond donors (Lipinski definition) is 1. The standard InChI is InChI=1S/C12H15F2NO2/c1-3-17-12(16)7-15-8(2)10-5-4-9(13)6-11(10)14/h4-6,8,15H,3,7H2,1-2H3. The lowest BCUT2D eigenvalue weighted by Gasteiger charge is -2.14. The maximum Gasteiger partial charge on any atom is 0.319 e. The van der Waals surface area contributed by atoms with Gasteiger partial charge in [0.25, 0.3) is 0 Å². The smallest absolute Gasteiger partial charge is 0.319 e. The van der Waals surface area contributed by atoms with Crippen LogP contribution in [0.25, 0.3) is 0 Å². The Morgan fingerprint density at radius 2 is 2.18 bits per heavy atom. The van der Waals surface area contributed by atoms with Crippen molar-refractivity contribution in [2.75, 3.05) is 13.2 Å². The van der Waals surface area contributed by atoms with Gasteiger partial charge in [0, 0.05) is 17.7 Å². The zero-order valence-corrected chi connectivity index (χ0v) is 9.80. The summed E-state index contributed by atoms with van der Waals surface area (Å²) in [6, 6.07) is 2.96. The van der Waals surface area contributed by atoms with Crippen molar-refractivity contribution in [1.82, 2.24) is 5.32 Å². The molecular formula is C12H15F2NO2. The molecule has 0 aromatic heterocycles. The van der Waals surface area contributed by atoms with Gasteiger partial charge in [-0.3, -0.25) is 4.79 Å². The Balaban J connectivity index is 2.57. The molecule has 0 saturated carbocycles. The molecule has 0 spiro atoms. The molecule has 94 valence electrons. The lowest BCUT2D eigenvalue weighted by atomic mass is 10.1. The maximum absolute atomic E-state index is 13.4. The first-order chi connectivity index (χ1) is 8.04. The highest BCUT2D eigenvalue weighted by Gasteiger charge is 2.12. The molecule has 1 unspecified atom stereocenters. The fraction of sp³-hybridized carbons (Fsp3) is 0.417. The van der Waals surface area contributed by atoms with Gasteiger partial charge in [0.15, 0.2) is 0 Å². The van der Waals surface area contributed by atoms with Gasteiger partial charge in [0.2, 0.25) is 0 Å². The Hall–Kier alpha value is -1.49. The Morgan fingerprint density at radius 1 is 1.47 bits per heavy atom. The zero-order valence-electron chi connectivity index (χ0n) is 9.80. The lowest BCUT2D eigenvalue weighted by Crippen LogP contribution is -2.27. The molecule has 5 heteroatoms. The van der Waals surface area contributed by atoms with Crippen molar-refractivity contribution < 1.29 is 18.3 Å². The van der Waals surface area contributed by atoms with Crippen molar-refractivity contribution in [3.8, 4) is 0 Å². The number of ether oxygens (including phenoxy) is 1. The van der Waals surface area contributed by atoms with Crippen LogP contribution in [0.5, 0.6) is 0 Å². The largest absolute Gasteiger partial charge is 0.465 e. The van der Waals surface area contributed by atoms with Gasteiger partial charge in [-0.2, -0.15) is 0 Å². The molecule has 0 heterocycles. The van der Waals surface area contributed by atoms with E-state index < -0.39 is 17.6 Å². The third-order valence-electron chi connectivity index (χ3n) is 2.29. The van der Waals surface area contributed by atoms with Crippen LogP contribution in [0.4, 0.5) is 8.78 Å². The molecule has 0 bridgehead atoms. The number of esters is 1. The van der Waals surface area contributed by atoms with Gasteiger partial charge in [0.05, 0.1) is 13.2 Å². The highest BCUT2D eigenvalue weighted by Crippen LogP contribution is 2.17. The topological polar surface area (TPSA) is 38.3 Å². The Kier molecular flexibility index (Phi) is 5.03. The number of benzene rings is 1. The van der Waals surface area contributed by atoms with Crippen LogP contribution in [0.15, 0.2) is 18.2 Å². The Labute approximate surface area is 98.8 Å². The molecule has 0 aliphatic carbocycles. The average molecular weight is 243 g/mol. The van der Waals surface area contributed by atoms with E-state index in [1.807, 2.05) is 0 Å². The summed E-state index contributed by atoms with van der Waals surface area (Å²) >= 11 is 0. The molecular weight excluding hydrogens is 228 g/mol. The van der Waals surface area contributed by atoms with E-state index in [9.17, 15) is 13.6 Å². The van der Waals surface area contributed by atoms with Gasteiger partial charge in [-0.05, 0) is 19.9 Å². The summed E-state index contributed by atoms with van der Waals surface area (Å²) in [5, 5.41) is 2.81. The minimum Gasteiger partial charge on any atom is -0.465 e. The first-order valence-corrected chi connectivity index (χ1v) is 5.38. The first-order valence-electron chi connectivity index (χ1n) is 5.38. The van der Waals surface area contributed by atoms with E-state index in [0.29, 0.717) is 12.2 Å². The fourth-order valence-electron chi connectivity index (χ4n) is 1.41. The molecule has 0 fully saturated rings. The third kappa shape index (κ3) is 4.11. The second-order valence-corrected chi connectivity index (χ2v) is 3.57. The number of halogens is 2. The fourth-order valence-corrected chi connectivity index (χ4v) is 1.41. The van der Waals surface area contributed by atoms with Crippen LogP contribution in [0, 0.1) is 11.6 Å². The summed E-state index contributed by atoms with van der Waals surface area (Å²) in [5.41, 5.74) is 0.315. The first kappa shape index (κ1) is 13.6. The predicted molar refractivity (Wildman–Crippen MR) is 59.4 cm³/mol. The van der Waals surface area contributed by atoms with Crippen molar-refractivity contribution in [3.63, 3.8) is 0 Å². The maximum atomic E-state index is 13.4. The molecule has 0 radical (unpaired) electrons. The second-order valence-electron chi connectivity index (χ2n) is 3.57. The number of hydrogen-bond acceptors (Lipinski definition) is 3. The highest BCUT2D eigenvalue weighted by atomic mass is 19.1. The normalized spacial score (nSPS) is 12.2. The van der Waals surface area contributed by atoms with Gasteiger partial charge in [0.1, 0.15) is 11.6 Å². The predicted octanol–water partition coefficient (Wildman–Crippen LogP) is 2.18. The monoisotopic (exact) mass is 243 g/mol. The molecule has 1 rings (SSSR count). The van der Waals surface area contributed by atoms with Crippen LogP contribution < -0.4 is 5.32 Å². The summed E-state index contributed by atoms with van der Waals surface area (Å²) in [6.07, 6.45) is 0. The second kappa shape index (κ2) is 6.30. The van der Waals surface area contributed by atoms with Crippen molar-refractivity contribution in [1.29, 1.82) is 0 Å². The Morgan fingerprint density at radius 3 is 2.76 bits per heavy atom. The number of carbonyl (C=O) groups is 1. The van der Waals surface area contributed by atoms with Gasteiger partial charge in [-0.25, -0.2) is 8.78 Å². The Bertz CT molecular complexity index is 396. The van der Waals surface area contributed by atoms with E-state index in [1.54, 1.807) is 13.8 Å². The average Bonchev–Trinajstić information content (AvgIpc) is 2.26. The molecule has 0 aliphatic heterocycles. The van der Waals surface area contributed by atoms with Crippen LogP contribution in [0.1, 0.15) is 25.5 Å². The van der Waals surface area contributed by atoms with E-state index in [0.717, 1.165) is 6.07 Å². The third-order valence-corrected chi connectivity index (χ3v) is 2.29. The van der Waals surface area contributed by atoms with Crippen molar-refractivity contribution in [2.45, 2.75) is 19.9 Å². The number of carbonyl (C=O) groups excluding carboxylic acids is 1. The van der Waals surface area contributed by atoms with Crippen LogP contribution in [0.3, 0.4) is 0 Å². The van der Waals surface area contributed by atoms with Crippen LogP contribution in [-0.4, -0.2) is 19.1 Å². The summed E-state index contributed by atoms with van der Waals surface area (Å²) in [5.74, 6) is -1.65. The van der Waals surface area contributed by atoms with Crippen molar-refractivity contribution in [2.24, 2.45) is 0 Å². The summed E-state index contributed by atoms with van der Waals surface area (Å²) in [6.45, 7) is 3.70. The molecule has 1 N–H and O–H groups in total. The highest BCUT2D eigenvalue weighted by molar-refractivity contribution is 5.71. The minimum absolute atomic E-state index is 0.00811. The molecule has 0 saturated heterocycles. The van der Waals surface area contributed by atoms with E-state index >= 15 is 0 Å². The molecule has 0 aliphatic rings. The van der Waals surface area contributed by atoms with Crippen LogP contribution >= 0.6 is 0 Å². The number of nitrogens with one attached hydrogen (secondary N) is 1. The van der Waals surface area contributed by atoms with Crippen LogP contribution in [0.2, 0.25) is 0 Å². The molecule has 1 aromatic carbocycles. The molecule has 1 aromatic rings. The van der Waals surface area contributed by atoms with Gasteiger partial charge >= 0.3 is 5.97 Å². The summed E-state index contributed by atoms with van der Waals surface area (Å²) in [4.78, 5) is 11.1. The minimum atomic E-state index is -0.631. The molecule has 0 amide bonds. The SMILES string of the molecule is CCOC(=O)CNC(C)c1ccc(F)cc1F. The van der Waals surface area contributed by atoms with Crippen LogP contribution in [-0.2, 0) is 9.53 Å². The zero-order chi connectivity index (χ0) is 12.8. The van der Waals surface area contributed by atoms with Crippen molar-refractivity contribution >= 4 is 5.97 Å². The van der Waals surface area contributed by atoms with E-state index in [2.05, 4.69) is 5.32 Å². The molecule has 1 atom stereocenters. The number of rotatable bonds is 5. The van der Waals surface area contributed by atoms with Gasteiger partial charge in [-0.1, -0.05) is 6.07 Å². The summed E-state index contributed by atoms with van der Waals surface area (Å²) in [7, 11) is 0. The van der Waals surface area contributed by atoms with E-state index in [1.165, 1.54) is 12.1 Å². The summed E-state index contributed by atoms with van der Waals surface area (Å²) < 4.78 is 30.8. The lowest BCUT2D eigenvalue weighted by molar-refractivity contribution is -0.142. The van der Waals surface area contributed by atoms with E-state index in [4.69, 9.17) is 4.74 Å².